The summed E-state index contributed by atoms with van der Waals surface area (Å²) in [5.41, 5.74) is 0.887. The van der Waals surface area contributed by atoms with Crippen molar-refractivity contribution < 1.29 is 21.2 Å². The monoisotopic (exact) mass is 494 g/mol. The molecule has 0 spiro atoms. The molecule has 0 amide bonds. The lowest BCUT2D eigenvalue weighted by atomic mass is 9.92. The van der Waals surface area contributed by atoms with E-state index in [1.807, 2.05) is 0 Å². The first-order valence-electron chi connectivity index (χ1n) is 10.7. The second kappa shape index (κ2) is 9.52. The molecule has 0 bridgehead atoms. The molecule has 7 heteroatoms. The van der Waals surface area contributed by atoms with Crippen LogP contribution >= 0.6 is 0 Å². The molecule has 34 heavy (non-hydrogen) atoms. The molecule has 4 aromatic carbocycles. The summed E-state index contributed by atoms with van der Waals surface area (Å²) in [4.78, 5) is -0.794. The van der Waals surface area contributed by atoms with Gasteiger partial charge in [-0.15, -0.1) is 0 Å². The zero-order valence-electron chi connectivity index (χ0n) is 18.2. The summed E-state index contributed by atoms with van der Waals surface area (Å²) >= 11 is 0. The molecule has 0 fully saturated rings. The maximum absolute atomic E-state index is 17.6. The van der Waals surface area contributed by atoms with E-state index in [2.05, 4.69) is 0 Å². The Morgan fingerprint density at radius 2 is 0.912 bits per heavy atom. The van der Waals surface area contributed by atoms with Gasteiger partial charge in [0, 0.05) is 0 Å². The van der Waals surface area contributed by atoms with Crippen molar-refractivity contribution in [3.05, 3.63) is 132 Å². The van der Waals surface area contributed by atoms with Crippen LogP contribution < -0.4 is 0 Å². The Kier molecular flexibility index (Phi) is 6.68. The number of alkyl halides is 1. The van der Waals surface area contributed by atoms with Gasteiger partial charge in [0.25, 0.3) is 0 Å². The van der Waals surface area contributed by atoms with Crippen LogP contribution in [0.25, 0.3) is 0 Å². The minimum Gasteiger partial charge on any atom is -0.219 e. The largest absolute Gasteiger partial charge is 0.324 e. The summed E-state index contributed by atoms with van der Waals surface area (Å²) in [6, 6.07) is 30.6. The zero-order valence-corrected chi connectivity index (χ0v) is 19.8. The van der Waals surface area contributed by atoms with Crippen LogP contribution in [0.5, 0.6) is 0 Å². The molecule has 0 radical (unpaired) electrons. The molecule has 0 aromatic heterocycles. The molecule has 0 aliphatic carbocycles. The van der Waals surface area contributed by atoms with E-state index in [1.54, 1.807) is 72.8 Å². The lowest BCUT2D eigenvalue weighted by molar-refractivity contribution is 0.304. The Labute approximate surface area is 199 Å². The Morgan fingerprint density at radius 3 is 1.32 bits per heavy atom. The minimum atomic E-state index is -5.03. The molecular formula is C27H23FO4S2. The first-order valence-corrected chi connectivity index (χ1v) is 13.6. The van der Waals surface area contributed by atoms with Crippen LogP contribution in [0.15, 0.2) is 131 Å². The first-order chi connectivity index (χ1) is 16.3. The fourth-order valence-electron chi connectivity index (χ4n) is 4.01. The third kappa shape index (κ3) is 4.17. The Morgan fingerprint density at radius 1 is 0.559 bits per heavy atom. The number of hydrogen-bond donors (Lipinski definition) is 0. The smallest absolute Gasteiger partial charge is 0.219 e. The summed E-state index contributed by atoms with van der Waals surface area (Å²) in [6.45, 7) is 0. The molecule has 174 valence electrons. The lowest BCUT2D eigenvalue weighted by Gasteiger charge is -2.33. The van der Waals surface area contributed by atoms with Crippen LogP contribution in [-0.4, -0.2) is 21.2 Å². The normalized spacial score (nSPS) is 13.3. The van der Waals surface area contributed by atoms with Crippen molar-refractivity contribution >= 4 is 19.7 Å². The molecule has 0 saturated heterocycles. The molecule has 0 aliphatic heterocycles. The predicted molar refractivity (Wildman–Crippen MR) is 130 cm³/mol. The SMILES string of the molecule is O=S(=O)(c1ccccc1)C(F)([C@H](Cc1ccccc1)c1ccccc1)S(=O)(=O)c1ccccc1. The molecule has 4 aromatic rings. The fraction of sp³-hybridized carbons (Fsp3) is 0.111. The van der Waals surface area contributed by atoms with Gasteiger partial charge < -0.3 is 0 Å². The maximum Gasteiger partial charge on any atom is 0.324 e. The number of rotatable bonds is 8. The fourth-order valence-corrected chi connectivity index (χ4v) is 8.61. The molecule has 0 aliphatic rings. The van der Waals surface area contributed by atoms with Gasteiger partial charge in [-0.25, -0.2) is 21.2 Å². The highest BCUT2D eigenvalue weighted by molar-refractivity contribution is 8.10. The summed E-state index contributed by atoms with van der Waals surface area (Å²) in [6.07, 6.45) is -0.139. The van der Waals surface area contributed by atoms with Gasteiger partial charge in [0.15, 0.2) is 0 Å². The predicted octanol–water partition coefficient (Wildman–Crippen LogP) is 5.58. The lowest BCUT2D eigenvalue weighted by Crippen LogP contribution is -2.48. The average molecular weight is 495 g/mol. The van der Waals surface area contributed by atoms with Crippen LogP contribution in [0.3, 0.4) is 0 Å². The molecule has 4 nitrogen and oxygen atoms in total. The van der Waals surface area contributed by atoms with Crippen molar-refractivity contribution in [1.29, 1.82) is 0 Å². The topological polar surface area (TPSA) is 68.3 Å². The molecule has 1 atom stereocenters. The van der Waals surface area contributed by atoms with Crippen molar-refractivity contribution in [1.82, 2.24) is 0 Å². The highest BCUT2D eigenvalue weighted by Gasteiger charge is 2.62. The van der Waals surface area contributed by atoms with E-state index in [4.69, 9.17) is 0 Å². The second-order valence-electron chi connectivity index (χ2n) is 7.87. The standard InChI is InChI=1S/C27H23FO4S2/c28-27(33(29,30)24-17-9-3-10-18-24,34(31,32)25-19-11-4-12-20-25)26(23-15-7-2-8-16-23)21-22-13-5-1-6-14-22/h1-20,26H,21H2/t26-/m1/s1. The molecule has 4 rings (SSSR count). The van der Waals surface area contributed by atoms with Crippen molar-refractivity contribution in [3.8, 4) is 0 Å². The molecular weight excluding hydrogens is 471 g/mol. The van der Waals surface area contributed by atoms with Gasteiger partial charge in [0.1, 0.15) is 0 Å². The van der Waals surface area contributed by atoms with Gasteiger partial charge >= 0.3 is 4.33 Å². The third-order valence-corrected chi connectivity index (χ3v) is 10.9. The van der Waals surface area contributed by atoms with Crippen molar-refractivity contribution in [2.45, 2.75) is 26.5 Å². The van der Waals surface area contributed by atoms with Crippen molar-refractivity contribution in [2.24, 2.45) is 0 Å². The number of sulfone groups is 2. The highest BCUT2D eigenvalue weighted by atomic mass is 32.3. The average Bonchev–Trinajstić information content (AvgIpc) is 2.89. The Hall–Kier alpha value is -3.29. The maximum atomic E-state index is 17.6. The molecule has 0 N–H and O–H groups in total. The van der Waals surface area contributed by atoms with Gasteiger partial charge in [0.2, 0.25) is 19.7 Å². The van der Waals surface area contributed by atoms with E-state index in [0.29, 0.717) is 5.56 Å². The summed E-state index contributed by atoms with van der Waals surface area (Å²) in [5, 5.41) is 0. The zero-order chi connectivity index (χ0) is 24.2. The summed E-state index contributed by atoms with van der Waals surface area (Å²) < 4.78 is 69.6. The van der Waals surface area contributed by atoms with Gasteiger partial charge in [-0.2, -0.15) is 0 Å². The number of hydrogen-bond acceptors (Lipinski definition) is 4. The van der Waals surface area contributed by atoms with Crippen molar-refractivity contribution in [2.75, 3.05) is 0 Å². The minimum absolute atomic E-state index is 0.139. The van der Waals surface area contributed by atoms with Crippen LogP contribution in [0.1, 0.15) is 17.0 Å². The number of benzene rings is 4. The quantitative estimate of drug-likeness (QED) is 0.321. The van der Waals surface area contributed by atoms with Crippen LogP contribution in [0.4, 0.5) is 4.39 Å². The molecule has 0 saturated carbocycles. The van der Waals surface area contributed by atoms with Crippen LogP contribution in [0.2, 0.25) is 0 Å². The van der Waals surface area contributed by atoms with Crippen molar-refractivity contribution in [3.63, 3.8) is 0 Å². The number of halogens is 1. The third-order valence-electron chi connectivity index (χ3n) is 5.74. The van der Waals surface area contributed by atoms with E-state index in [0.717, 1.165) is 0 Å². The highest BCUT2D eigenvalue weighted by Crippen LogP contribution is 2.48. The van der Waals surface area contributed by atoms with Gasteiger partial charge in [-0.1, -0.05) is 97.1 Å². The van der Waals surface area contributed by atoms with E-state index in [1.165, 1.54) is 48.5 Å². The Bertz CT molecular complexity index is 1370. The summed E-state index contributed by atoms with van der Waals surface area (Å²) in [7, 11) is -10.1. The first kappa shape index (κ1) is 23.9. The summed E-state index contributed by atoms with van der Waals surface area (Å²) in [5.74, 6) is -1.54. The van der Waals surface area contributed by atoms with Gasteiger partial charge in [-0.05, 0) is 41.8 Å². The molecule has 0 heterocycles. The van der Waals surface area contributed by atoms with E-state index in [9.17, 15) is 16.8 Å². The second-order valence-corrected chi connectivity index (χ2v) is 12.3. The van der Waals surface area contributed by atoms with Gasteiger partial charge in [-0.3, -0.25) is 0 Å². The van der Waals surface area contributed by atoms with Crippen LogP contribution in [0, 0.1) is 0 Å². The van der Waals surface area contributed by atoms with E-state index < -0.39 is 39.7 Å². The van der Waals surface area contributed by atoms with E-state index >= 15 is 4.39 Å². The van der Waals surface area contributed by atoms with E-state index in [-0.39, 0.29) is 12.0 Å². The molecule has 0 unspecified atom stereocenters. The van der Waals surface area contributed by atoms with Gasteiger partial charge in [0.05, 0.1) is 15.7 Å². The van der Waals surface area contributed by atoms with Crippen LogP contribution in [-0.2, 0) is 26.1 Å². The Balaban J connectivity index is 2.04.